The van der Waals surface area contributed by atoms with E-state index in [1.165, 1.54) is 36.0 Å². The Kier molecular flexibility index (Phi) is 7.77. The number of carbonyl (C=O) groups is 2. The highest BCUT2D eigenvalue weighted by molar-refractivity contribution is 8.00. The van der Waals surface area contributed by atoms with Crippen molar-refractivity contribution in [2.45, 2.75) is 17.1 Å². The van der Waals surface area contributed by atoms with Crippen molar-refractivity contribution in [2.75, 3.05) is 10.6 Å². The maximum Gasteiger partial charge on any atom is 0.270 e. The van der Waals surface area contributed by atoms with E-state index in [1.54, 1.807) is 12.1 Å². The van der Waals surface area contributed by atoms with Gasteiger partial charge in [-0.15, -0.1) is 11.8 Å². The van der Waals surface area contributed by atoms with E-state index in [2.05, 4.69) is 10.6 Å². The van der Waals surface area contributed by atoms with Crippen LogP contribution in [0.3, 0.4) is 0 Å². The highest BCUT2D eigenvalue weighted by Crippen LogP contribution is 2.36. The molecule has 1 unspecified atom stereocenters. The summed E-state index contributed by atoms with van der Waals surface area (Å²) in [5, 5.41) is 16.2. The molecule has 2 amide bonds. The van der Waals surface area contributed by atoms with E-state index in [0.29, 0.717) is 5.69 Å². The third-order valence-corrected chi connectivity index (χ3v) is 6.58. The number of aryl methyl sites for hydroxylation is 1. The standard InChI is InChI=1S/C28H23N3O4S/c1-19-7-5-11-23(17-19)30-28(33)26(20-8-3-2-4-9-20)36-25-15-13-22(14-16-25)29-27(32)21-10-6-12-24(18-21)31(34)35/h2-18,26H,1H3,(H,29,32)(H,30,33). The summed E-state index contributed by atoms with van der Waals surface area (Å²) in [6.45, 7) is 1.97. The van der Waals surface area contributed by atoms with Gasteiger partial charge < -0.3 is 10.6 Å². The van der Waals surface area contributed by atoms with Crippen molar-refractivity contribution in [3.8, 4) is 0 Å². The van der Waals surface area contributed by atoms with Gasteiger partial charge in [0.25, 0.3) is 11.6 Å². The molecule has 0 radical (unpaired) electrons. The molecule has 2 N–H and O–H groups in total. The van der Waals surface area contributed by atoms with E-state index >= 15 is 0 Å². The molecule has 36 heavy (non-hydrogen) atoms. The van der Waals surface area contributed by atoms with Crippen LogP contribution in [0.25, 0.3) is 0 Å². The lowest BCUT2D eigenvalue weighted by Crippen LogP contribution is -2.19. The molecule has 0 aliphatic rings. The van der Waals surface area contributed by atoms with Crippen molar-refractivity contribution in [3.63, 3.8) is 0 Å². The number of rotatable bonds is 8. The van der Waals surface area contributed by atoms with E-state index in [9.17, 15) is 19.7 Å². The second-order valence-corrected chi connectivity index (χ2v) is 9.23. The average molecular weight is 498 g/mol. The summed E-state index contributed by atoms with van der Waals surface area (Å²) in [6.07, 6.45) is 0. The molecule has 7 nitrogen and oxygen atoms in total. The molecule has 8 heteroatoms. The molecular formula is C28H23N3O4S. The zero-order chi connectivity index (χ0) is 25.5. The first-order valence-electron chi connectivity index (χ1n) is 11.1. The number of nitro benzene ring substituents is 1. The van der Waals surface area contributed by atoms with E-state index in [4.69, 9.17) is 0 Å². The SMILES string of the molecule is Cc1cccc(NC(=O)C(Sc2ccc(NC(=O)c3cccc([N+](=O)[O-])c3)cc2)c2ccccc2)c1. The topological polar surface area (TPSA) is 101 Å². The molecule has 180 valence electrons. The number of non-ortho nitro benzene ring substituents is 1. The molecule has 0 fully saturated rings. The van der Waals surface area contributed by atoms with Gasteiger partial charge in [-0.25, -0.2) is 0 Å². The number of thioether (sulfide) groups is 1. The van der Waals surface area contributed by atoms with Crippen LogP contribution in [0.4, 0.5) is 17.1 Å². The van der Waals surface area contributed by atoms with Gasteiger partial charge in [0.2, 0.25) is 5.91 Å². The molecule has 0 aliphatic heterocycles. The number of hydrogen-bond donors (Lipinski definition) is 2. The maximum absolute atomic E-state index is 13.2. The van der Waals surface area contributed by atoms with Crippen LogP contribution in [0.2, 0.25) is 0 Å². The molecule has 4 aromatic carbocycles. The van der Waals surface area contributed by atoms with Gasteiger partial charge in [-0.1, -0.05) is 48.5 Å². The number of anilines is 2. The fourth-order valence-electron chi connectivity index (χ4n) is 3.55. The summed E-state index contributed by atoms with van der Waals surface area (Å²) in [6, 6.07) is 29.9. The van der Waals surface area contributed by atoms with Gasteiger partial charge in [0.05, 0.1) is 4.92 Å². The maximum atomic E-state index is 13.2. The quantitative estimate of drug-likeness (QED) is 0.162. The van der Waals surface area contributed by atoms with E-state index in [-0.39, 0.29) is 17.2 Å². The zero-order valence-corrected chi connectivity index (χ0v) is 20.2. The van der Waals surface area contributed by atoms with E-state index in [1.807, 2.05) is 73.7 Å². The first kappa shape index (κ1) is 24.7. The molecule has 0 saturated carbocycles. The highest BCUT2D eigenvalue weighted by Gasteiger charge is 2.22. The van der Waals surface area contributed by atoms with Gasteiger partial charge in [0.15, 0.2) is 0 Å². The third-order valence-electron chi connectivity index (χ3n) is 5.31. The van der Waals surface area contributed by atoms with Crippen LogP contribution in [-0.2, 0) is 4.79 Å². The first-order chi connectivity index (χ1) is 17.4. The Morgan fingerprint density at radius 2 is 1.53 bits per heavy atom. The van der Waals surface area contributed by atoms with Gasteiger partial charge in [0, 0.05) is 34.0 Å². The number of benzene rings is 4. The fraction of sp³-hybridized carbons (Fsp3) is 0.0714. The largest absolute Gasteiger partial charge is 0.325 e. The Morgan fingerprint density at radius 1 is 0.806 bits per heavy atom. The second-order valence-electron chi connectivity index (χ2n) is 8.05. The lowest BCUT2D eigenvalue weighted by molar-refractivity contribution is -0.384. The van der Waals surface area contributed by atoms with Crippen LogP contribution in [0.15, 0.2) is 108 Å². The molecule has 0 heterocycles. The van der Waals surface area contributed by atoms with Crippen molar-refractivity contribution in [2.24, 2.45) is 0 Å². The summed E-state index contributed by atoms with van der Waals surface area (Å²) in [7, 11) is 0. The highest BCUT2D eigenvalue weighted by atomic mass is 32.2. The van der Waals surface area contributed by atoms with Crippen LogP contribution in [0, 0.1) is 17.0 Å². The number of carbonyl (C=O) groups excluding carboxylic acids is 2. The third kappa shape index (κ3) is 6.37. The van der Waals surface area contributed by atoms with E-state index in [0.717, 1.165) is 21.7 Å². The number of hydrogen-bond acceptors (Lipinski definition) is 5. The van der Waals surface area contributed by atoms with Crippen LogP contribution >= 0.6 is 11.8 Å². The normalized spacial score (nSPS) is 11.4. The summed E-state index contributed by atoms with van der Waals surface area (Å²) in [4.78, 5) is 37.0. The lowest BCUT2D eigenvalue weighted by atomic mass is 10.1. The molecule has 0 bridgehead atoms. The summed E-state index contributed by atoms with van der Waals surface area (Å²) < 4.78 is 0. The first-order valence-corrected chi connectivity index (χ1v) is 12.0. The van der Waals surface area contributed by atoms with Gasteiger partial charge in [-0.2, -0.15) is 0 Å². The minimum absolute atomic E-state index is 0.139. The minimum Gasteiger partial charge on any atom is -0.325 e. The summed E-state index contributed by atoms with van der Waals surface area (Å²) >= 11 is 1.40. The minimum atomic E-state index is -0.541. The van der Waals surface area contributed by atoms with Crippen molar-refractivity contribution in [1.82, 2.24) is 0 Å². The number of amides is 2. The zero-order valence-electron chi connectivity index (χ0n) is 19.4. The predicted molar refractivity (Wildman–Crippen MR) is 142 cm³/mol. The molecule has 4 rings (SSSR count). The Bertz CT molecular complexity index is 1390. The summed E-state index contributed by atoms with van der Waals surface area (Å²) in [5.74, 6) is -0.585. The van der Waals surface area contributed by atoms with Crippen LogP contribution in [0.5, 0.6) is 0 Å². The Balaban J connectivity index is 1.48. The monoisotopic (exact) mass is 497 g/mol. The molecule has 4 aromatic rings. The molecular weight excluding hydrogens is 474 g/mol. The average Bonchev–Trinajstić information content (AvgIpc) is 2.88. The molecule has 1 atom stereocenters. The van der Waals surface area contributed by atoms with Gasteiger partial charge in [-0.3, -0.25) is 19.7 Å². The smallest absolute Gasteiger partial charge is 0.270 e. The fourth-order valence-corrected chi connectivity index (χ4v) is 4.57. The predicted octanol–water partition coefficient (Wildman–Crippen LogP) is 6.63. The van der Waals surface area contributed by atoms with Gasteiger partial charge in [0.1, 0.15) is 5.25 Å². The number of nitro groups is 1. The molecule has 0 saturated heterocycles. The van der Waals surface area contributed by atoms with Crippen molar-refractivity contribution < 1.29 is 14.5 Å². The van der Waals surface area contributed by atoms with Gasteiger partial charge >= 0.3 is 0 Å². The second kappa shape index (κ2) is 11.3. The Morgan fingerprint density at radius 3 is 2.22 bits per heavy atom. The van der Waals surface area contributed by atoms with Crippen LogP contribution in [0.1, 0.15) is 26.7 Å². The molecule has 0 aromatic heterocycles. The van der Waals surface area contributed by atoms with Crippen molar-refractivity contribution in [3.05, 3.63) is 130 Å². The van der Waals surface area contributed by atoms with E-state index < -0.39 is 16.1 Å². The molecule has 0 spiro atoms. The van der Waals surface area contributed by atoms with Crippen LogP contribution in [-0.4, -0.2) is 16.7 Å². The number of nitrogens with zero attached hydrogens (tertiary/aromatic N) is 1. The molecule has 0 aliphatic carbocycles. The van der Waals surface area contributed by atoms with Gasteiger partial charge in [-0.05, 0) is 60.5 Å². The van der Waals surface area contributed by atoms with Crippen LogP contribution < -0.4 is 10.6 Å². The summed E-state index contributed by atoms with van der Waals surface area (Å²) in [5.41, 5.74) is 3.25. The Labute approximate surface area is 212 Å². The lowest BCUT2D eigenvalue weighted by Gasteiger charge is -2.17. The number of nitrogens with one attached hydrogen (secondary N) is 2. The van der Waals surface area contributed by atoms with Crippen molar-refractivity contribution >= 4 is 40.6 Å². The Hall–Kier alpha value is -4.43. The van der Waals surface area contributed by atoms with Crippen molar-refractivity contribution in [1.29, 1.82) is 0 Å².